The number of hydrogen-bond donors (Lipinski definition) is 1. The lowest BCUT2D eigenvalue weighted by Gasteiger charge is -2.14. The second-order valence-electron chi connectivity index (χ2n) is 3.87. The van der Waals surface area contributed by atoms with Crippen molar-refractivity contribution >= 4 is 34.5 Å². The fourth-order valence-electron chi connectivity index (χ4n) is 1.74. The van der Waals surface area contributed by atoms with E-state index in [0.29, 0.717) is 16.5 Å². The van der Waals surface area contributed by atoms with Crippen LogP contribution in [-0.2, 0) is 6.42 Å². The van der Waals surface area contributed by atoms with Crippen molar-refractivity contribution < 1.29 is 5.11 Å². The van der Waals surface area contributed by atoms with Gasteiger partial charge in [0.15, 0.2) is 0 Å². The third-order valence-corrected chi connectivity index (χ3v) is 4.56. The molecular weight excluding hydrogens is 275 g/mol. The Balaban J connectivity index is 2.23. The second kappa shape index (κ2) is 5.40. The van der Waals surface area contributed by atoms with Crippen LogP contribution in [0.3, 0.4) is 0 Å². The number of aliphatic hydroxyl groups is 1. The van der Waals surface area contributed by atoms with Crippen LogP contribution in [0.1, 0.15) is 22.1 Å². The SMILES string of the molecule is Cc1c(Cl)cccc1C(O)Cc1sccc1Cl. The van der Waals surface area contributed by atoms with Gasteiger partial charge in [-0.3, -0.25) is 0 Å². The third kappa shape index (κ3) is 2.83. The summed E-state index contributed by atoms with van der Waals surface area (Å²) < 4.78 is 0. The van der Waals surface area contributed by atoms with Crippen LogP contribution in [0.5, 0.6) is 0 Å². The Morgan fingerprint density at radius 1 is 1.24 bits per heavy atom. The molecule has 1 heterocycles. The van der Waals surface area contributed by atoms with Crippen LogP contribution in [0, 0.1) is 6.92 Å². The Labute approximate surface area is 115 Å². The molecule has 0 aliphatic carbocycles. The van der Waals surface area contributed by atoms with E-state index in [0.717, 1.165) is 16.0 Å². The molecule has 0 spiro atoms. The molecule has 1 aromatic carbocycles. The number of benzene rings is 1. The molecule has 17 heavy (non-hydrogen) atoms. The highest BCUT2D eigenvalue weighted by atomic mass is 35.5. The zero-order valence-electron chi connectivity index (χ0n) is 9.28. The van der Waals surface area contributed by atoms with Crippen molar-refractivity contribution in [1.82, 2.24) is 0 Å². The largest absolute Gasteiger partial charge is 0.388 e. The Bertz CT molecular complexity index is 522. The minimum absolute atomic E-state index is 0.525. The normalized spacial score (nSPS) is 12.7. The summed E-state index contributed by atoms with van der Waals surface area (Å²) in [6, 6.07) is 7.42. The molecule has 2 rings (SSSR count). The molecule has 1 unspecified atom stereocenters. The predicted octanol–water partition coefficient (Wildman–Crippen LogP) is 4.64. The van der Waals surface area contributed by atoms with Crippen LogP contribution < -0.4 is 0 Å². The van der Waals surface area contributed by atoms with E-state index in [4.69, 9.17) is 23.2 Å². The summed E-state index contributed by atoms with van der Waals surface area (Å²) in [4.78, 5) is 0.999. The summed E-state index contributed by atoms with van der Waals surface area (Å²) in [6.07, 6.45) is -0.0395. The van der Waals surface area contributed by atoms with Gasteiger partial charge in [0.2, 0.25) is 0 Å². The Morgan fingerprint density at radius 2 is 2.00 bits per heavy atom. The van der Waals surface area contributed by atoms with Gasteiger partial charge in [0.05, 0.1) is 11.1 Å². The van der Waals surface area contributed by atoms with Crippen molar-refractivity contribution in [2.24, 2.45) is 0 Å². The fraction of sp³-hybridized carbons (Fsp3) is 0.231. The van der Waals surface area contributed by atoms with Crippen molar-refractivity contribution in [2.75, 3.05) is 0 Å². The average Bonchev–Trinajstić information content (AvgIpc) is 2.68. The fourth-order valence-corrected chi connectivity index (χ4v) is 3.07. The number of aliphatic hydroxyl groups excluding tert-OH is 1. The monoisotopic (exact) mass is 286 g/mol. The molecule has 1 nitrogen and oxygen atoms in total. The van der Waals surface area contributed by atoms with Crippen LogP contribution >= 0.6 is 34.5 Å². The summed E-state index contributed by atoms with van der Waals surface area (Å²) in [6.45, 7) is 1.91. The summed E-state index contributed by atoms with van der Waals surface area (Å²) in [5.74, 6) is 0. The molecule has 2 aromatic rings. The van der Waals surface area contributed by atoms with E-state index in [9.17, 15) is 5.11 Å². The molecule has 0 amide bonds. The first kappa shape index (κ1) is 12.9. The van der Waals surface area contributed by atoms with Crippen LogP contribution in [0.25, 0.3) is 0 Å². The van der Waals surface area contributed by atoms with E-state index < -0.39 is 6.10 Å². The number of rotatable bonds is 3. The Hall–Kier alpha value is -0.540. The lowest BCUT2D eigenvalue weighted by atomic mass is 10.0. The first-order chi connectivity index (χ1) is 8.09. The van der Waals surface area contributed by atoms with Crippen LogP contribution in [0.15, 0.2) is 29.6 Å². The van der Waals surface area contributed by atoms with Gasteiger partial charge in [0.25, 0.3) is 0 Å². The van der Waals surface area contributed by atoms with Crippen molar-refractivity contribution in [3.63, 3.8) is 0 Å². The minimum Gasteiger partial charge on any atom is -0.388 e. The third-order valence-electron chi connectivity index (χ3n) is 2.74. The quantitative estimate of drug-likeness (QED) is 0.872. The van der Waals surface area contributed by atoms with E-state index in [1.807, 2.05) is 36.6 Å². The lowest BCUT2D eigenvalue weighted by molar-refractivity contribution is 0.178. The zero-order chi connectivity index (χ0) is 12.4. The van der Waals surface area contributed by atoms with Crippen molar-refractivity contribution in [2.45, 2.75) is 19.4 Å². The van der Waals surface area contributed by atoms with Gasteiger partial charge in [0.1, 0.15) is 0 Å². The van der Waals surface area contributed by atoms with Gasteiger partial charge in [-0.1, -0.05) is 35.3 Å². The first-order valence-electron chi connectivity index (χ1n) is 5.24. The highest BCUT2D eigenvalue weighted by molar-refractivity contribution is 7.10. The van der Waals surface area contributed by atoms with Crippen molar-refractivity contribution in [3.05, 3.63) is 55.7 Å². The molecule has 0 fully saturated rings. The molecule has 0 aliphatic rings. The maximum absolute atomic E-state index is 10.2. The lowest BCUT2D eigenvalue weighted by Crippen LogP contribution is -2.03. The van der Waals surface area contributed by atoms with E-state index in [2.05, 4.69) is 0 Å². The molecule has 0 saturated carbocycles. The summed E-state index contributed by atoms with van der Waals surface area (Å²) in [5.41, 5.74) is 1.79. The van der Waals surface area contributed by atoms with Gasteiger partial charge in [-0.15, -0.1) is 11.3 Å². The van der Waals surface area contributed by atoms with Crippen molar-refractivity contribution in [3.8, 4) is 0 Å². The van der Waals surface area contributed by atoms with Gasteiger partial charge in [-0.25, -0.2) is 0 Å². The minimum atomic E-state index is -0.565. The van der Waals surface area contributed by atoms with Gasteiger partial charge in [-0.05, 0) is 35.6 Å². The number of halogens is 2. The molecule has 4 heteroatoms. The highest BCUT2D eigenvalue weighted by Gasteiger charge is 2.14. The van der Waals surface area contributed by atoms with Gasteiger partial charge in [0, 0.05) is 16.3 Å². The summed E-state index contributed by atoms with van der Waals surface area (Å²) in [7, 11) is 0. The molecule has 0 radical (unpaired) electrons. The average molecular weight is 287 g/mol. The first-order valence-corrected chi connectivity index (χ1v) is 6.88. The van der Waals surface area contributed by atoms with E-state index in [-0.39, 0.29) is 0 Å². The van der Waals surface area contributed by atoms with E-state index >= 15 is 0 Å². The molecule has 0 bridgehead atoms. The van der Waals surface area contributed by atoms with Gasteiger partial charge in [-0.2, -0.15) is 0 Å². The number of hydrogen-bond acceptors (Lipinski definition) is 2. The highest BCUT2D eigenvalue weighted by Crippen LogP contribution is 2.30. The summed E-state index contributed by atoms with van der Waals surface area (Å²) >= 11 is 13.6. The molecule has 90 valence electrons. The molecular formula is C13H12Cl2OS. The predicted molar refractivity (Wildman–Crippen MR) is 74.2 cm³/mol. The number of thiophene rings is 1. The van der Waals surface area contributed by atoms with Gasteiger partial charge < -0.3 is 5.11 Å². The van der Waals surface area contributed by atoms with Crippen LogP contribution in [0.2, 0.25) is 10.0 Å². The maximum atomic E-state index is 10.2. The van der Waals surface area contributed by atoms with Crippen LogP contribution in [0.4, 0.5) is 0 Å². The molecule has 1 N–H and O–H groups in total. The Kier molecular flexibility index (Phi) is 4.10. The molecule has 0 aliphatic heterocycles. The van der Waals surface area contributed by atoms with Crippen molar-refractivity contribution in [1.29, 1.82) is 0 Å². The summed E-state index contributed by atoms with van der Waals surface area (Å²) in [5, 5.41) is 13.5. The standard InChI is InChI=1S/C13H12Cl2OS/c1-8-9(3-2-4-10(8)14)12(16)7-13-11(15)5-6-17-13/h2-6,12,16H,7H2,1H3. The maximum Gasteiger partial charge on any atom is 0.0841 e. The smallest absolute Gasteiger partial charge is 0.0841 e. The van der Waals surface area contributed by atoms with E-state index in [1.54, 1.807) is 11.3 Å². The topological polar surface area (TPSA) is 20.2 Å². The second-order valence-corrected chi connectivity index (χ2v) is 5.68. The Morgan fingerprint density at radius 3 is 2.65 bits per heavy atom. The van der Waals surface area contributed by atoms with E-state index in [1.165, 1.54) is 0 Å². The zero-order valence-corrected chi connectivity index (χ0v) is 11.6. The van der Waals surface area contributed by atoms with Gasteiger partial charge >= 0.3 is 0 Å². The molecule has 0 saturated heterocycles. The molecule has 1 atom stereocenters. The van der Waals surface area contributed by atoms with Crippen LogP contribution in [-0.4, -0.2) is 5.11 Å². The molecule has 1 aromatic heterocycles.